The Kier molecular flexibility index (Phi) is 6.40. The number of nitrogens with two attached hydrogens (primary N) is 1. The van der Waals surface area contributed by atoms with Crippen molar-refractivity contribution in [2.24, 2.45) is 5.73 Å². The van der Waals surface area contributed by atoms with Gasteiger partial charge in [-0.2, -0.15) is 0 Å². The third-order valence-electron chi connectivity index (χ3n) is 4.00. The molecule has 0 spiro atoms. The molecule has 1 aliphatic rings. The largest absolute Gasteiger partial charge is 0.356 e. The molecule has 5 heteroatoms. The Hall–Kier alpha value is -1.88. The normalized spacial score (nSPS) is 16.1. The molecule has 2 amide bonds. The molecule has 1 unspecified atom stereocenters. The van der Waals surface area contributed by atoms with Crippen LogP contribution in [0.25, 0.3) is 0 Å². The lowest BCUT2D eigenvalue weighted by Gasteiger charge is -2.26. The van der Waals surface area contributed by atoms with E-state index in [9.17, 15) is 9.59 Å². The quantitative estimate of drug-likeness (QED) is 0.838. The summed E-state index contributed by atoms with van der Waals surface area (Å²) in [4.78, 5) is 25.7. The molecule has 1 saturated heterocycles. The Bertz CT molecular complexity index is 484. The monoisotopic (exact) mass is 303 g/mol. The van der Waals surface area contributed by atoms with Crippen LogP contribution in [0.2, 0.25) is 0 Å². The van der Waals surface area contributed by atoms with E-state index >= 15 is 0 Å². The number of piperidine rings is 1. The maximum absolute atomic E-state index is 12.0. The molecule has 2 rings (SSSR count). The minimum absolute atomic E-state index is 0.109. The van der Waals surface area contributed by atoms with Crippen molar-refractivity contribution < 1.29 is 9.59 Å². The summed E-state index contributed by atoms with van der Waals surface area (Å²) in [7, 11) is 0. The molecule has 22 heavy (non-hydrogen) atoms. The summed E-state index contributed by atoms with van der Waals surface area (Å²) in [5.41, 5.74) is 6.95. The first-order chi connectivity index (χ1) is 10.7. The number of hydrogen-bond acceptors (Lipinski definition) is 3. The van der Waals surface area contributed by atoms with Crippen LogP contribution in [-0.4, -0.2) is 36.3 Å². The first-order valence-corrected chi connectivity index (χ1v) is 8.02. The molecule has 0 radical (unpaired) electrons. The fraction of sp³-hybridized carbons (Fsp3) is 0.529. The van der Waals surface area contributed by atoms with Gasteiger partial charge in [0, 0.05) is 38.5 Å². The molecule has 1 aromatic carbocycles. The van der Waals surface area contributed by atoms with E-state index < -0.39 is 0 Å². The van der Waals surface area contributed by atoms with Crippen LogP contribution in [0.4, 0.5) is 0 Å². The number of rotatable bonds is 6. The molecular formula is C17H25N3O2. The van der Waals surface area contributed by atoms with Crippen LogP contribution in [0.1, 0.15) is 43.7 Å². The number of carbonyl (C=O) groups excluding carboxylic acids is 2. The Labute approximate surface area is 131 Å². The molecule has 120 valence electrons. The first kappa shape index (κ1) is 16.5. The Morgan fingerprint density at radius 1 is 1.14 bits per heavy atom. The molecule has 0 bridgehead atoms. The van der Waals surface area contributed by atoms with Crippen molar-refractivity contribution in [3.05, 3.63) is 35.9 Å². The van der Waals surface area contributed by atoms with E-state index in [-0.39, 0.29) is 24.3 Å². The predicted octanol–water partition coefficient (Wildman–Crippen LogP) is 1.60. The first-order valence-electron chi connectivity index (χ1n) is 8.02. The molecule has 0 aromatic heterocycles. The van der Waals surface area contributed by atoms with Crippen molar-refractivity contribution >= 4 is 11.8 Å². The van der Waals surface area contributed by atoms with E-state index in [1.165, 1.54) is 6.42 Å². The summed E-state index contributed by atoms with van der Waals surface area (Å²) in [5, 5.41) is 2.79. The molecule has 1 heterocycles. The summed E-state index contributed by atoms with van der Waals surface area (Å²) >= 11 is 0. The highest BCUT2D eigenvalue weighted by molar-refractivity contribution is 5.79. The van der Waals surface area contributed by atoms with E-state index in [4.69, 9.17) is 5.73 Å². The highest BCUT2D eigenvalue weighted by Crippen LogP contribution is 2.13. The molecule has 3 N–H and O–H groups in total. The van der Waals surface area contributed by atoms with Gasteiger partial charge in [-0.1, -0.05) is 30.3 Å². The second-order valence-electron chi connectivity index (χ2n) is 5.76. The number of nitrogens with zero attached hydrogens (tertiary/aromatic N) is 1. The Balaban J connectivity index is 1.66. The van der Waals surface area contributed by atoms with Gasteiger partial charge in [0.25, 0.3) is 0 Å². The van der Waals surface area contributed by atoms with Gasteiger partial charge in [0.1, 0.15) is 0 Å². The number of amides is 2. The number of carbonyl (C=O) groups is 2. The third kappa shape index (κ3) is 5.15. The number of nitrogens with one attached hydrogen (secondary N) is 1. The van der Waals surface area contributed by atoms with Gasteiger partial charge in [-0.3, -0.25) is 9.59 Å². The van der Waals surface area contributed by atoms with Gasteiger partial charge in [0.2, 0.25) is 11.8 Å². The SMILES string of the molecule is NC(CC(=O)NCCC(=O)N1CCCCC1)c1ccccc1. The lowest BCUT2D eigenvalue weighted by molar-refractivity contribution is -0.132. The molecule has 5 nitrogen and oxygen atoms in total. The lowest BCUT2D eigenvalue weighted by Crippen LogP contribution is -2.38. The van der Waals surface area contributed by atoms with Crippen molar-refractivity contribution in [3.63, 3.8) is 0 Å². The van der Waals surface area contributed by atoms with Crippen LogP contribution in [0.5, 0.6) is 0 Å². The second kappa shape index (κ2) is 8.54. The van der Waals surface area contributed by atoms with Gasteiger partial charge in [-0.15, -0.1) is 0 Å². The highest BCUT2D eigenvalue weighted by Gasteiger charge is 2.16. The Morgan fingerprint density at radius 2 is 1.82 bits per heavy atom. The minimum Gasteiger partial charge on any atom is -0.356 e. The van der Waals surface area contributed by atoms with Crippen LogP contribution < -0.4 is 11.1 Å². The van der Waals surface area contributed by atoms with Gasteiger partial charge in [-0.25, -0.2) is 0 Å². The standard InChI is InChI=1S/C17H25N3O2/c18-15(14-7-3-1-4-8-14)13-16(21)19-10-9-17(22)20-11-5-2-6-12-20/h1,3-4,7-8,15H,2,5-6,9-13,18H2,(H,19,21). The van der Waals surface area contributed by atoms with E-state index in [1.54, 1.807) is 0 Å². The molecule has 1 aliphatic heterocycles. The fourth-order valence-corrected chi connectivity index (χ4v) is 2.70. The highest BCUT2D eigenvalue weighted by atomic mass is 16.2. The van der Waals surface area contributed by atoms with Crippen molar-refractivity contribution in [2.45, 2.75) is 38.1 Å². The molecule has 0 saturated carbocycles. The van der Waals surface area contributed by atoms with Crippen molar-refractivity contribution in [2.75, 3.05) is 19.6 Å². The number of hydrogen-bond donors (Lipinski definition) is 2. The molecule has 0 aliphatic carbocycles. The van der Waals surface area contributed by atoms with E-state index in [2.05, 4.69) is 5.32 Å². The average molecular weight is 303 g/mol. The van der Waals surface area contributed by atoms with Gasteiger partial charge >= 0.3 is 0 Å². The van der Waals surface area contributed by atoms with Gasteiger partial charge in [0.05, 0.1) is 0 Å². The van der Waals surface area contributed by atoms with Gasteiger partial charge in [-0.05, 0) is 24.8 Å². The molecule has 1 fully saturated rings. The maximum Gasteiger partial charge on any atom is 0.224 e. The zero-order valence-electron chi connectivity index (χ0n) is 13.0. The summed E-state index contributed by atoms with van der Waals surface area (Å²) in [6.45, 7) is 2.09. The van der Waals surface area contributed by atoms with Crippen LogP contribution in [0.3, 0.4) is 0 Å². The lowest BCUT2D eigenvalue weighted by atomic mass is 10.0. The summed E-state index contributed by atoms with van der Waals surface area (Å²) < 4.78 is 0. The topological polar surface area (TPSA) is 75.4 Å². The van der Waals surface area contributed by atoms with E-state index in [0.29, 0.717) is 13.0 Å². The summed E-state index contributed by atoms with van der Waals surface area (Å²) in [5.74, 6) is 0.0233. The number of benzene rings is 1. The van der Waals surface area contributed by atoms with Crippen LogP contribution >= 0.6 is 0 Å². The fourth-order valence-electron chi connectivity index (χ4n) is 2.70. The van der Waals surface area contributed by atoms with Crippen LogP contribution in [0, 0.1) is 0 Å². The molecular weight excluding hydrogens is 278 g/mol. The Morgan fingerprint density at radius 3 is 2.50 bits per heavy atom. The number of likely N-dealkylation sites (tertiary alicyclic amines) is 1. The van der Waals surface area contributed by atoms with Crippen molar-refractivity contribution in [1.82, 2.24) is 10.2 Å². The maximum atomic E-state index is 12.0. The smallest absolute Gasteiger partial charge is 0.224 e. The zero-order chi connectivity index (χ0) is 15.8. The van der Waals surface area contributed by atoms with Crippen LogP contribution in [-0.2, 0) is 9.59 Å². The van der Waals surface area contributed by atoms with E-state index in [1.807, 2.05) is 35.2 Å². The van der Waals surface area contributed by atoms with Crippen LogP contribution in [0.15, 0.2) is 30.3 Å². The minimum atomic E-state index is -0.306. The summed E-state index contributed by atoms with van der Waals surface area (Å²) in [6, 6.07) is 9.26. The molecule has 1 atom stereocenters. The molecule has 1 aromatic rings. The predicted molar refractivity (Wildman–Crippen MR) is 86.0 cm³/mol. The average Bonchev–Trinajstić information content (AvgIpc) is 2.56. The van der Waals surface area contributed by atoms with Gasteiger partial charge < -0.3 is 16.0 Å². The second-order valence-corrected chi connectivity index (χ2v) is 5.76. The zero-order valence-corrected chi connectivity index (χ0v) is 13.0. The summed E-state index contributed by atoms with van der Waals surface area (Å²) in [6.07, 6.45) is 3.99. The van der Waals surface area contributed by atoms with Gasteiger partial charge in [0.15, 0.2) is 0 Å². The van der Waals surface area contributed by atoms with E-state index in [0.717, 1.165) is 31.5 Å². The third-order valence-corrected chi connectivity index (χ3v) is 4.00. The van der Waals surface area contributed by atoms with Crippen molar-refractivity contribution in [3.8, 4) is 0 Å². The van der Waals surface area contributed by atoms with Crippen molar-refractivity contribution in [1.29, 1.82) is 0 Å².